The van der Waals surface area contributed by atoms with E-state index in [9.17, 15) is 31.4 Å². The average Bonchev–Trinajstić information content (AvgIpc) is 3.07. The van der Waals surface area contributed by atoms with E-state index >= 15 is 0 Å². The molecule has 3 aromatic rings. The predicted molar refractivity (Wildman–Crippen MR) is 85.2 cm³/mol. The van der Waals surface area contributed by atoms with Crippen molar-refractivity contribution in [3.05, 3.63) is 53.7 Å². The number of oxazole rings is 1. The van der Waals surface area contributed by atoms with Crippen molar-refractivity contribution < 1.29 is 35.9 Å². The Kier molecular flexibility index (Phi) is 5.24. The maximum atomic E-state index is 12.8. The Balaban J connectivity index is 1.75. The zero-order chi connectivity index (χ0) is 20.5. The SMILES string of the molecule is Oc1cc(C(F)(F)F)nc(SCc2ncc(-c3cccc(C(F)(F)F)c3)o2)n1. The normalized spacial score (nSPS) is 12.4. The molecule has 2 heterocycles. The molecule has 0 fully saturated rings. The van der Waals surface area contributed by atoms with E-state index in [0.717, 1.165) is 12.1 Å². The van der Waals surface area contributed by atoms with Crippen molar-refractivity contribution in [2.45, 2.75) is 23.3 Å². The fourth-order valence-corrected chi connectivity index (χ4v) is 2.82. The minimum absolute atomic E-state index is 0.0397. The van der Waals surface area contributed by atoms with Crippen LogP contribution in [0, 0.1) is 0 Å². The summed E-state index contributed by atoms with van der Waals surface area (Å²) in [6.45, 7) is 0. The topological polar surface area (TPSA) is 72.0 Å². The molecule has 1 N–H and O–H groups in total. The molecule has 12 heteroatoms. The summed E-state index contributed by atoms with van der Waals surface area (Å²) in [5.74, 6) is -0.839. The molecule has 2 aromatic heterocycles. The molecule has 148 valence electrons. The van der Waals surface area contributed by atoms with Gasteiger partial charge in [-0.05, 0) is 12.1 Å². The monoisotopic (exact) mass is 421 g/mol. The zero-order valence-corrected chi connectivity index (χ0v) is 14.4. The van der Waals surface area contributed by atoms with Crippen LogP contribution in [0.3, 0.4) is 0 Å². The number of aromatic hydroxyl groups is 1. The molecule has 0 spiro atoms. The van der Waals surface area contributed by atoms with Crippen molar-refractivity contribution in [3.8, 4) is 17.2 Å². The molecule has 0 radical (unpaired) electrons. The van der Waals surface area contributed by atoms with Crippen LogP contribution in [0.4, 0.5) is 26.3 Å². The van der Waals surface area contributed by atoms with Crippen LogP contribution in [0.25, 0.3) is 11.3 Å². The van der Waals surface area contributed by atoms with Crippen molar-refractivity contribution in [1.29, 1.82) is 0 Å². The molecule has 0 amide bonds. The number of hydrogen-bond acceptors (Lipinski definition) is 6. The summed E-state index contributed by atoms with van der Waals surface area (Å²) in [6, 6.07) is 4.81. The predicted octanol–water partition coefficient (Wildman–Crippen LogP) is 5.17. The minimum Gasteiger partial charge on any atom is -0.493 e. The Morgan fingerprint density at radius 2 is 1.75 bits per heavy atom. The van der Waals surface area contributed by atoms with Gasteiger partial charge in [0.2, 0.25) is 11.8 Å². The molecule has 0 aliphatic rings. The highest BCUT2D eigenvalue weighted by Gasteiger charge is 2.34. The molecule has 0 bridgehead atoms. The average molecular weight is 421 g/mol. The summed E-state index contributed by atoms with van der Waals surface area (Å²) in [5.41, 5.74) is -2.02. The van der Waals surface area contributed by atoms with Gasteiger partial charge in [0.1, 0.15) is 0 Å². The van der Waals surface area contributed by atoms with Crippen LogP contribution in [0.2, 0.25) is 0 Å². The molecule has 1 aromatic carbocycles. The third-order valence-corrected chi connectivity index (χ3v) is 4.17. The van der Waals surface area contributed by atoms with E-state index < -0.39 is 29.5 Å². The Labute approximate surface area is 157 Å². The molecule has 0 atom stereocenters. The van der Waals surface area contributed by atoms with E-state index in [0.29, 0.717) is 17.8 Å². The Morgan fingerprint density at radius 1 is 1.00 bits per heavy atom. The van der Waals surface area contributed by atoms with Gasteiger partial charge in [-0.25, -0.2) is 9.97 Å². The molecule has 5 nitrogen and oxygen atoms in total. The lowest BCUT2D eigenvalue weighted by molar-refractivity contribution is -0.142. The van der Waals surface area contributed by atoms with Crippen molar-refractivity contribution in [3.63, 3.8) is 0 Å². The van der Waals surface area contributed by atoms with E-state index in [1.54, 1.807) is 0 Å². The molecule has 28 heavy (non-hydrogen) atoms. The number of hydrogen-bond donors (Lipinski definition) is 1. The number of aromatic nitrogens is 3. The van der Waals surface area contributed by atoms with E-state index in [-0.39, 0.29) is 28.1 Å². The van der Waals surface area contributed by atoms with Gasteiger partial charge in [-0.15, -0.1) is 0 Å². The van der Waals surface area contributed by atoms with Crippen molar-refractivity contribution in [2.24, 2.45) is 0 Å². The summed E-state index contributed by atoms with van der Waals surface area (Å²) in [4.78, 5) is 10.7. The number of thioether (sulfide) groups is 1. The molecule has 0 aliphatic carbocycles. The Bertz CT molecular complexity index is 987. The van der Waals surface area contributed by atoms with Gasteiger partial charge in [-0.1, -0.05) is 23.9 Å². The van der Waals surface area contributed by atoms with Gasteiger partial charge in [-0.2, -0.15) is 31.3 Å². The molecular weight excluding hydrogens is 412 g/mol. The van der Waals surface area contributed by atoms with E-state index in [1.165, 1.54) is 18.3 Å². The van der Waals surface area contributed by atoms with Gasteiger partial charge >= 0.3 is 12.4 Å². The first-order chi connectivity index (χ1) is 13.0. The van der Waals surface area contributed by atoms with Crippen LogP contribution in [0.15, 0.2) is 46.1 Å². The quantitative estimate of drug-likeness (QED) is 0.356. The summed E-state index contributed by atoms with van der Waals surface area (Å²) in [5, 5.41) is 8.95. The summed E-state index contributed by atoms with van der Waals surface area (Å²) in [6.07, 6.45) is -8.07. The van der Waals surface area contributed by atoms with E-state index in [4.69, 9.17) is 4.42 Å². The lowest BCUT2D eigenvalue weighted by Gasteiger charge is -2.07. The maximum Gasteiger partial charge on any atom is 0.433 e. The van der Waals surface area contributed by atoms with Crippen molar-refractivity contribution in [2.75, 3.05) is 0 Å². The zero-order valence-electron chi connectivity index (χ0n) is 13.5. The van der Waals surface area contributed by atoms with Gasteiger partial charge in [0, 0.05) is 11.6 Å². The molecule has 0 saturated heterocycles. The largest absolute Gasteiger partial charge is 0.493 e. The van der Waals surface area contributed by atoms with Crippen LogP contribution in [0.5, 0.6) is 5.88 Å². The highest BCUT2D eigenvalue weighted by atomic mass is 32.2. The molecule has 0 saturated carbocycles. The lowest BCUT2D eigenvalue weighted by Crippen LogP contribution is -2.09. The first-order valence-electron chi connectivity index (χ1n) is 7.43. The fourth-order valence-electron chi connectivity index (χ4n) is 2.11. The lowest BCUT2D eigenvalue weighted by atomic mass is 10.1. The number of benzene rings is 1. The van der Waals surface area contributed by atoms with Gasteiger partial charge in [0.05, 0.1) is 17.5 Å². The second-order valence-electron chi connectivity index (χ2n) is 5.38. The van der Waals surface area contributed by atoms with E-state index in [1.807, 2.05) is 0 Å². The van der Waals surface area contributed by atoms with Crippen LogP contribution < -0.4 is 0 Å². The standard InChI is InChI=1S/C16H9F6N3O2S/c17-15(18,19)9-3-1-2-8(4-9)10-6-23-13(27-10)7-28-14-24-11(16(20,21)22)5-12(26)25-14/h1-6H,7H2,(H,24,25,26). The van der Waals surface area contributed by atoms with Gasteiger partial charge < -0.3 is 9.52 Å². The first kappa shape index (κ1) is 20.0. The minimum atomic E-state index is -4.75. The first-order valence-corrected chi connectivity index (χ1v) is 8.41. The van der Waals surface area contributed by atoms with Crippen LogP contribution in [0.1, 0.15) is 17.1 Å². The number of halogens is 6. The van der Waals surface area contributed by atoms with Gasteiger partial charge in [-0.3, -0.25) is 0 Å². The molecular formula is C16H9F6N3O2S. The molecule has 0 aliphatic heterocycles. The van der Waals surface area contributed by atoms with Crippen LogP contribution in [-0.2, 0) is 18.1 Å². The smallest absolute Gasteiger partial charge is 0.433 e. The van der Waals surface area contributed by atoms with Crippen LogP contribution in [-0.4, -0.2) is 20.1 Å². The van der Waals surface area contributed by atoms with Gasteiger partial charge in [0.25, 0.3) is 0 Å². The van der Waals surface area contributed by atoms with Crippen molar-refractivity contribution >= 4 is 11.8 Å². The van der Waals surface area contributed by atoms with Gasteiger partial charge in [0.15, 0.2) is 16.6 Å². The highest BCUT2D eigenvalue weighted by Crippen LogP contribution is 2.34. The third kappa shape index (κ3) is 4.74. The Morgan fingerprint density at radius 3 is 2.43 bits per heavy atom. The number of alkyl halides is 6. The van der Waals surface area contributed by atoms with E-state index in [2.05, 4.69) is 15.0 Å². The highest BCUT2D eigenvalue weighted by molar-refractivity contribution is 7.98. The summed E-state index contributed by atoms with van der Waals surface area (Å²) >= 11 is 0.715. The Hall–Kier alpha value is -2.76. The van der Waals surface area contributed by atoms with Crippen molar-refractivity contribution in [1.82, 2.24) is 15.0 Å². The third-order valence-electron chi connectivity index (χ3n) is 3.34. The second-order valence-corrected chi connectivity index (χ2v) is 6.32. The molecule has 0 unspecified atom stereocenters. The number of nitrogens with zero attached hydrogens (tertiary/aromatic N) is 3. The summed E-state index contributed by atoms with van der Waals surface area (Å²) in [7, 11) is 0. The fraction of sp³-hybridized carbons (Fsp3) is 0.188. The summed E-state index contributed by atoms with van der Waals surface area (Å²) < 4.78 is 81.8. The number of rotatable bonds is 4. The second kappa shape index (κ2) is 7.34. The van der Waals surface area contributed by atoms with Crippen LogP contribution >= 0.6 is 11.8 Å². The maximum absolute atomic E-state index is 12.8. The molecule has 3 rings (SSSR count).